The molecular formula is C29H27F3N2O2. The van der Waals surface area contributed by atoms with Crippen molar-refractivity contribution < 1.29 is 22.8 Å². The molecule has 36 heavy (non-hydrogen) atoms. The summed E-state index contributed by atoms with van der Waals surface area (Å²) in [5.41, 5.74) is 1.45. The Morgan fingerprint density at radius 3 is 1.75 bits per heavy atom. The van der Waals surface area contributed by atoms with Crippen LogP contribution in [0.2, 0.25) is 0 Å². The minimum absolute atomic E-state index is 0.125. The molecule has 0 fully saturated rings. The number of halogens is 3. The van der Waals surface area contributed by atoms with Crippen molar-refractivity contribution in [3.63, 3.8) is 0 Å². The number of hydrogen-bond acceptors (Lipinski definition) is 2. The minimum Gasteiger partial charge on any atom is -0.334 e. The van der Waals surface area contributed by atoms with Gasteiger partial charge >= 0.3 is 6.18 Å². The molecule has 0 spiro atoms. The van der Waals surface area contributed by atoms with E-state index in [0.29, 0.717) is 25.9 Å². The Balaban J connectivity index is 1.52. The number of nitrogens with zero attached hydrogens (tertiary/aromatic N) is 1. The topological polar surface area (TPSA) is 49.4 Å². The van der Waals surface area contributed by atoms with Crippen LogP contribution in [0.5, 0.6) is 0 Å². The Morgan fingerprint density at radius 2 is 1.25 bits per heavy atom. The van der Waals surface area contributed by atoms with Gasteiger partial charge in [0.05, 0.1) is 17.4 Å². The second-order valence-electron chi connectivity index (χ2n) is 8.89. The molecule has 4 rings (SSSR count). The molecule has 0 aromatic heterocycles. The first-order valence-electron chi connectivity index (χ1n) is 11.8. The fourth-order valence-electron chi connectivity index (χ4n) is 4.41. The van der Waals surface area contributed by atoms with Crippen LogP contribution in [0.25, 0.3) is 0 Å². The molecule has 186 valence electrons. The van der Waals surface area contributed by atoms with Crippen LogP contribution >= 0.6 is 0 Å². The molecule has 1 aliphatic rings. The van der Waals surface area contributed by atoms with E-state index in [4.69, 9.17) is 0 Å². The zero-order valence-corrected chi connectivity index (χ0v) is 19.6. The Hall–Kier alpha value is -3.87. The monoisotopic (exact) mass is 492 g/mol. The van der Waals surface area contributed by atoms with E-state index in [0.717, 1.165) is 23.3 Å². The van der Waals surface area contributed by atoms with Crippen LogP contribution in [0.3, 0.4) is 0 Å². The largest absolute Gasteiger partial charge is 0.416 e. The summed E-state index contributed by atoms with van der Waals surface area (Å²) < 4.78 is 38.6. The fourth-order valence-corrected chi connectivity index (χ4v) is 4.41. The maximum Gasteiger partial charge on any atom is 0.416 e. The number of allylic oxidation sites excluding steroid dienone is 2. The van der Waals surface area contributed by atoms with E-state index in [1.807, 2.05) is 72.8 Å². The number of anilines is 1. The van der Waals surface area contributed by atoms with Gasteiger partial charge in [-0.25, -0.2) is 0 Å². The smallest absolute Gasteiger partial charge is 0.334 e. The highest BCUT2D eigenvalue weighted by Crippen LogP contribution is 2.32. The molecular weight excluding hydrogens is 465 g/mol. The third-order valence-electron chi connectivity index (χ3n) is 6.31. The summed E-state index contributed by atoms with van der Waals surface area (Å²) in [4.78, 5) is 28.8. The Morgan fingerprint density at radius 1 is 0.750 bits per heavy atom. The van der Waals surface area contributed by atoms with E-state index < -0.39 is 23.6 Å². The minimum atomic E-state index is -4.45. The van der Waals surface area contributed by atoms with Crippen LogP contribution in [0, 0.1) is 11.8 Å². The van der Waals surface area contributed by atoms with Gasteiger partial charge in [0.1, 0.15) is 0 Å². The van der Waals surface area contributed by atoms with Crippen molar-refractivity contribution in [2.75, 3.05) is 5.32 Å². The van der Waals surface area contributed by atoms with Gasteiger partial charge in [0.2, 0.25) is 11.8 Å². The molecule has 0 radical (unpaired) electrons. The molecule has 3 aromatic rings. The number of carbonyl (C=O) groups is 2. The van der Waals surface area contributed by atoms with Crippen molar-refractivity contribution in [3.8, 4) is 0 Å². The summed E-state index contributed by atoms with van der Waals surface area (Å²) in [6.07, 6.45) is 0.139. The maximum atomic E-state index is 13.8. The molecule has 0 bridgehead atoms. The number of rotatable bonds is 7. The Kier molecular flexibility index (Phi) is 7.88. The van der Waals surface area contributed by atoms with Crippen molar-refractivity contribution in [3.05, 3.63) is 114 Å². The van der Waals surface area contributed by atoms with Gasteiger partial charge in [-0.1, -0.05) is 72.8 Å². The lowest BCUT2D eigenvalue weighted by Gasteiger charge is -2.32. The fraction of sp³-hybridized carbons (Fsp3) is 0.241. The van der Waals surface area contributed by atoms with E-state index in [2.05, 4.69) is 5.32 Å². The average Bonchev–Trinajstić information content (AvgIpc) is 2.89. The molecule has 4 nitrogen and oxygen atoms in total. The first kappa shape index (κ1) is 25.2. The Labute approximate surface area is 208 Å². The molecule has 3 aromatic carbocycles. The van der Waals surface area contributed by atoms with Gasteiger partial charge in [-0.05, 0) is 48.2 Å². The first-order chi connectivity index (χ1) is 17.3. The third kappa shape index (κ3) is 6.42. The van der Waals surface area contributed by atoms with Crippen LogP contribution in [-0.2, 0) is 28.9 Å². The Bertz CT molecular complexity index is 1150. The number of carbonyl (C=O) groups excluding carboxylic acids is 2. The molecule has 2 amide bonds. The van der Waals surface area contributed by atoms with Gasteiger partial charge in [0, 0.05) is 18.8 Å². The average molecular weight is 493 g/mol. The number of hydrogen-bond donors (Lipinski definition) is 1. The normalized spacial score (nSPS) is 17.4. The van der Waals surface area contributed by atoms with E-state index >= 15 is 0 Å². The molecule has 7 heteroatoms. The summed E-state index contributed by atoms with van der Waals surface area (Å²) in [6, 6.07) is 23.7. The van der Waals surface area contributed by atoms with Crippen molar-refractivity contribution in [2.45, 2.75) is 32.1 Å². The highest BCUT2D eigenvalue weighted by molar-refractivity contribution is 5.96. The summed E-state index contributed by atoms with van der Waals surface area (Å²) in [5, 5.41) is 2.70. The van der Waals surface area contributed by atoms with Gasteiger partial charge < -0.3 is 10.2 Å². The van der Waals surface area contributed by atoms with E-state index in [-0.39, 0.29) is 17.5 Å². The third-order valence-corrected chi connectivity index (χ3v) is 6.31. The van der Waals surface area contributed by atoms with Crippen molar-refractivity contribution in [1.29, 1.82) is 0 Å². The van der Waals surface area contributed by atoms with Crippen molar-refractivity contribution >= 4 is 17.5 Å². The maximum absolute atomic E-state index is 13.8. The van der Waals surface area contributed by atoms with Crippen molar-refractivity contribution in [2.24, 2.45) is 11.8 Å². The molecule has 0 saturated carbocycles. The summed E-state index contributed by atoms with van der Waals surface area (Å²) in [7, 11) is 0. The molecule has 1 aliphatic carbocycles. The second-order valence-corrected chi connectivity index (χ2v) is 8.89. The predicted octanol–water partition coefficient (Wildman–Crippen LogP) is 6.46. The summed E-state index contributed by atoms with van der Waals surface area (Å²) in [6.45, 7) is 0.810. The zero-order valence-electron chi connectivity index (χ0n) is 19.6. The van der Waals surface area contributed by atoms with Crippen LogP contribution in [0.15, 0.2) is 97.1 Å². The van der Waals surface area contributed by atoms with Crippen LogP contribution in [0.4, 0.5) is 18.9 Å². The summed E-state index contributed by atoms with van der Waals surface area (Å²) >= 11 is 0. The van der Waals surface area contributed by atoms with Gasteiger partial charge in [0.25, 0.3) is 0 Å². The van der Waals surface area contributed by atoms with E-state index in [1.165, 1.54) is 12.1 Å². The lowest BCUT2D eigenvalue weighted by atomic mass is 9.81. The molecule has 1 N–H and O–H groups in total. The first-order valence-corrected chi connectivity index (χ1v) is 11.8. The van der Waals surface area contributed by atoms with E-state index in [1.54, 1.807) is 4.90 Å². The van der Waals surface area contributed by atoms with Gasteiger partial charge in [-0.3, -0.25) is 9.59 Å². The quantitative estimate of drug-likeness (QED) is 0.385. The highest BCUT2D eigenvalue weighted by Gasteiger charge is 2.37. The van der Waals surface area contributed by atoms with Crippen LogP contribution < -0.4 is 5.32 Å². The van der Waals surface area contributed by atoms with Crippen LogP contribution in [-0.4, -0.2) is 16.7 Å². The van der Waals surface area contributed by atoms with E-state index in [9.17, 15) is 22.8 Å². The molecule has 0 aliphatic heterocycles. The van der Waals surface area contributed by atoms with Gasteiger partial charge in [-0.2, -0.15) is 13.2 Å². The van der Waals surface area contributed by atoms with Gasteiger partial charge in [0.15, 0.2) is 0 Å². The second kappa shape index (κ2) is 11.2. The lowest BCUT2D eigenvalue weighted by Crippen LogP contribution is -2.42. The molecule has 0 heterocycles. The SMILES string of the molecule is O=C(Nc1ccc(C(F)(F)F)cc1)C1CC=CCC1C(=O)N(Cc1ccccc1)Cc1ccccc1. The van der Waals surface area contributed by atoms with Crippen molar-refractivity contribution in [1.82, 2.24) is 4.90 Å². The van der Waals surface area contributed by atoms with Crippen LogP contribution in [0.1, 0.15) is 29.5 Å². The molecule has 2 atom stereocenters. The zero-order chi connectivity index (χ0) is 25.5. The number of alkyl halides is 3. The van der Waals surface area contributed by atoms with Gasteiger partial charge in [-0.15, -0.1) is 0 Å². The lowest BCUT2D eigenvalue weighted by molar-refractivity contribution is -0.142. The molecule has 2 unspecified atom stereocenters. The number of benzene rings is 3. The predicted molar refractivity (Wildman–Crippen MR) is 133 cm³/mol. The number of nitrogens with one attached hydrogen (secondary N) is 1. The standard InChI is InChI=1S/C29H27F3N2O2/c30-29(31,32)23-15-17-24(18-16-23)33-27(35)25-13-7-8-14-26(25)28(36)34(19-21-9-3-1-4-10-21)20-22-11-5-2-6-12-22/h1-12,15-18,25-26H,13-14,19-20H2,(H,33,35). The molecule has 0 saturated heterocycles. The summed E-state index contributed by atoms with van der Waals surface area (Å²) in [5.74, 6) is -1.70. The number of amides is 2. The highest BCUT2D eigenvalue weighted by atomic mass is 19.4.